The summed E-state index contributed by atoms with van der Waals surface area (Å²) in [6.45, 7) is 9.52. The lowest BCUT2D eigenvalue weighted by molar-refractivity contribution is -0.115. The minimum absolute atomic E-state index is 0.114. The Morgan fingerprint density at radius 3 is 2.68 bits per heavy atom. The molecular formula is C19H22N4OS. The molecule has 2 rings (SSSR count). The van der Waals surface area contributed by atoms with Crippen LogP contribution in [0.5, 0.6) is 0 Å². The average molecular weight is 354 g/mol. The number of aromatic nitrogens is 2. The van der Waals surface area contributed by atoms with Gasteiger partial charge >= 0.3 is 0 Å². The highest BCUT2D eigenvalue weighted by Gasteiger charge is 2.20. The average Bonchev–Trinajstić information content (AvgIpc) is 2.57. The molecule has 0 aliphatic rings. The Hall–Kier alpha value is -2.39. The van der Waals surface area contributed by atoms with Crippen LogP contribution in [0.1, 0.15) is 42.1 Å². The van der Waals surface area contributed by atoms with Crippen molar-refractivity contribution in [3.8, 4) is 6.07 Å². The molecule has 0 aliphatic carbocycles. The molecule has 1 aromatic carbocycles. The molecule has 1 aromatic heterocycles. The van der Waals surface area contributed by atoms with Gasteiger partial charge in [-0.05, 0) is 44.9 Å². The van der Waals surface area contributed by atoms with Crippen LogP contribution in [0.15, 0.2) is 23.2 Å². The van der Waals surface area contributed by atoms with Crippen molar-refractivity contribution in [2.75, 3.05) is 5.32 Å². The maximum absolute atomic E-state index is 12.6. The highest BCUT2D eigenvalue weighted by molar-refractivity contribution is 8.00. The fourth-order valence-electron chi connectivity index (χ4n) is 2.30. The van der Waals surface area contributed by atoms with Crippen LogP contribution in [0, 0.1) is 32.1 Å². The maximum Gasteiger partial charge on any atom is 0.237 e. The fraction of sp³-hybridized carbons (Fsp3) is 0.368. The summed E-state index contributed by atoms with van der Waals surface area (Å²) in [6.07, 6.45) is 0.684. The number of nitrogens with zero attached hydrogens (tertiary/aromatic N) is 3. The number of amides is 1. The monoisotopic (exact) mass is 354 g/mol. The summed E-state index contributed by atoms with van der Waals surface area (Å²) in [6, 6.07) is 8.10. The molecule has 5 nitrogen and oxygen atoms in total. The molecule has 1 atom stereocenters. The van der Waals surface area contributed by atoms with Gasteiger partial charge in [0.15, 0.2) is 0 Å². The molecule has 0 saturated heterocycles. The second kappa shape index (κ2) is 8.13. The van der Waals surface area contributed by atoms with Crippen LogP contribution in [-0.2, 0) is 11.2 Å². The van der Waals surface area contributed by atoms with Crippen molar-refractivity contribution in [1.82, 2.24) is 9.97 Å². The van der Waals surface area contributed by atoms with Gasteiger partial charge in [0.2, 0.25) is 5.91 Å². The van der Waals surface area contributed by atoms with E-state index >= 15 is 0 Å². The topological polar surface area (TPSA) is 78.7 Å². The number of nitrogens with one attached hydrogen (secondary N) is 1. The molecule has 0 fully saturated rings. The van der Waals surface area contributed by atoms with Crippen molar-refractivity contribution >= 4 is 23.4 Å². The van der Waals surface area contributed by atoms with E-state index in [1.54, 1.807) is 6.92 Å². The molecule has 0 radical (unpaired) electrons. The molecule has 1 N–H and O–H groups in total. The lowest BCUT2D eigenvalue weighted by Gasteiger charge is -2.15. The van der Waals surface area contributed by atoms with E-state index in [-0.39, 0.29) is 11.2 Å². The molecule has 130 valence electrons. The quantitative estimate of drug-likeness (QED) is 0.649. The van der Waals surface area contributed by atoms with Crippen LogP contribution < -0.4 is 5.32 Å². The van der Waals surface area contributed by atoms with Gasteiger partial charge in [-0.15, -0.1) is 0 Å². The van der Waals surface area contributed by atoms with E-state index in [0.717, 1.165) is 16.8 Å². The molecule has 1 heterocycles. The third-order valence-corrected chi connectivity index (χ3v) is 4.93. The number of thioether (sulfide) groups is 1. The smallest absolute Gasteiger partial charge is 0.237 e. The van der Waals surface area contributed by atoms with Crippen molar-refractivity contribution in [3.05, 3.63) is 46.4 Å². The first-order chi connectivity index (χ1) is 11.8. The van der Waals surface area contributed by atoms with Crippen LogP contribution in [0.4, 0.5) is 5.69 Å². The Bertz CT molecular complexity index is 842. The second-order valence-corrected chi connectivity index (χ2v) is 7.27. The molecule has 0 saturated carbocycles. The van der Waals surface area contributed by atoms with Gasteiger partial charge in [0.1, 0.15) is 22.5 Å². The number of carbonyl (C=O) groups excluding carboxylic acids is 1. The van der Waals surface area contributed by atoms with Gasteiger partial charge in [-0.2, -0.15) is 5.26 Å². The first kappa shape index (κ1) is 18.9. The summed E-state index contributed by atoms with van der Waals surface area (Å²) < 4.78 is 0. The van der Waals surface area contributed by atoms with Gasteiger partial charge in [-0.25, -0.2) is 9.97 Å². The van der Waals surface area contributed by atoms with Crippen LogP contribution in [0.25, 0.3) is 0 Å². The van der Waals surface area contributed by atoms with E-state index < -0.39 is 0 Å². The third-order valence-electron chi connectivity index (χ3n) is 3.84. The van der Waals surface area contributed by atoms with Crippen molar-refractivity contribution in [1.29, 1.82) is 5.26 Å². The van der Waals surface area contributed by atoms with Crippen molar-refractivity contribution < 1.29 is 4.79 Å². The van der Waals surface area contributed by atoms with Gasteiger partial charge in [-0.3, -0.25) is 4.79 Å². The maximum atomic E-state index is 12.6. The molecular weight excluding hydrogens is 332 g/mol. The Morgan fingerprint density at radius 2 is 2.04 bits per heavy atom. The minimum Gasteiger partial charge on any atom is -0.325 e. The molecule has 0 bridgehead atoms. The van der Waals surface area contributed by atoms with Gasteiger partial charge in [0, 0.05) is 12.1 Å². The standard InChI is InChI=1S/C19H22N4OS/c1-6-17-21-13(4)15(10-20)19(23-17)25-14(5)18(24)22-16-9-11(2)7-8-12(16)3/h7-9,14H,6H2,1-5H3,(H,22,24)/t14-/m1/s1. The number of rotatable bonds is 5. The van der Waals surface area contributed by atoms with E-state index in [9.17, 15) is 10.1 Å². The Kier molecular flexibility index (Phi) is 6.16. The zero-order valence-corrected chi connectivity index (χ0v) is 16.0. The second-order valence-electron chi connectivity index (χ2n) is 5.94. The summed E-state index contributed by atoms with van der Waals surface area (Å²) in [5.74, 6) is 0.568. The Morgan fingerprint density at radius 1 is 1.32 bits per heavy atom. The number of aryl methyl sites for hydroxylation is 4. The van der Waals surface area contributed by atoms with Crippen LogP contribution in [0.2, 0.25) is 0 Å². The fourth-order valence-corrected chi connectivity index (χ4v) is 3.27. The third kappa shape index (κ3) is 4.58. The number of nitriles is 1. The zero-order chi connectivity index (χ0) is 18.6. The lowest BCUT2D eigenvalue weighted by Crippen LogP contribution is -2.23. The first-order valence-electron chi connectivity index (χ1n) is 8.18. The van der Waals surface area contributed by atoms with E-state index in [2.05, 4.69) is 21.4 Å². The largest absolute Gasteiger partial charge is 0.325 e. The molecule has 0 unspecified atom stereocenters. The van der Waals surface area contributed by atoms with E-state index in [4.69, 9.17) is 0 Å². The van der Waals surface area contributed by atoms with E-state index in [1.165, 1.54) is 11.8 Å². The molecule has 25 heavy (non-hydrogen) atoms. The first-order valence-corrected chi connectivity index (χ1v) is 9.06. The minimum atomic E-state index is -0.383. The normalized spacial score (nSPS) is 11.7. The van der Waals surface area contributed by atoms with Gasteiger partial charge in [0.05, 0.1) is 10.9 Å². The van der Waals surface area contributed by atoms with Gasteiger partial charge < -0.3 is 5.32 Å². The molecule has 0 spiro atoms. The van der Waals surface area contributed by atoms with Crippen LogP contribution in [-0.4, -0.2) is 21.1 Å². The Balaban J connectivity index is 2.20. The van der Waals surface area contributed by atoms with Gasteiger partial charge in [0.25, 0.3) is 0 Å². The SMILES string of the molecule is CCc1nc(C)c(C#N)c(S[C@H](C)C(=O)Nc2cc(C)ccc2C)n1. The number of carbonyl (C=O) groups is 1. The Labute approximate surface area is 152 Å². The number of hydrogen-bond acceptors (Lipinski definition) is 5. The number of benzene rings is 1. The van der Waals surface area contributed by atoms with Crippen LogP contribution >= 0.6 is 11.8 Å². The van der Waals surface area contributed by atoms with Crippen LogP contribution in [0.3, 0.4) is 0 Å². The van der Waals surface area contributed by atoms with Crippen molar-refractivity contribution in [2.45, 2.75) is 51.3 Å². The van der Waals surface area contributed by atoms with Crippen molar-refractivity contribution in [2.24, 2.45) is 0 Å². The zero-order valence-electron chi connectivity index (χ0n) is 15.2. The summed E-state index contributed by atoms with van der Waals surface area (Å²) in [7, 11) is 0. The molecule has 1 amide bonds. The molecule has 6 heteroatoms. The highest BCUT2D eigenvalue weighted by atomic mass is 32.2. The van der Waals surface area contributed by atoms with E-state index in [1.807, 2.05) is 45.9 Å². The number of anilines is 1. The van der Waals surface area contributed by atoms with E-state index in [0.29, 0.717) is 28.5 Å². The predicted octanol–water partition coefficient (Wildman–Crippen LogP) is 3.96. The summed E-state index contributed by atoms with van der Waals surface area (Å²) >= 11 is 1.29. The molecule has 0 aliphatic heterocycles. The summed E-state index contributed by atoms with van der Waals surface area (Å²) in [4.78, 5) is 21.3. The van der Waals surface area contributed by atoms with Crippen molar-refractivity contribution in [3.63, 3.8) is 0 Å². The molecule has 2 aromatic rings. The van der Waals surface area contributed by atoms with Gasteiger partial charge in [-0.1, -0.05) is 30.8 Å². The predicted molar refractivity (Wildman–Crippen MR) is 101 cm³/mol. The summed E-state index contributed by atoms with van der Waals surface area (Å²) in [5, 5.41) is 12.5. The number of hydrogen-bond donors (Lipinski definition) is 1. The summed E-state index contributed by atoms with van der Waals surface area (Å²) in [5.41, 5.74) is 4.01. The highest BCUT2D eigenvalue weighted by Crippen LogP contribution is 2.27. The lowest BCUT2D eigenvalue weighted by atomic mass is 10.1.